The number of hydrogen-bond donors (Lipinski definition) is 1. The van der Waals surface area contributed by atoms with Crippen LogP contribution in [-0.2, 0) is 22.6 Å². The highest BCUT2D eigenvalue weighted by Crippen LogP contribution is 2.26. The lowest BCUT2D eigenvalue weighted by molar-refractivity contribution is -0.122. The first-order valence-electron chi connectivity index (χ1n) is 13.3. The van der Waals surface area contributed by atoms with Crippen LogP contribution in [0.4, 0.5) is 0 Å². The van der Waals surface area contributed by atoms with E-state index in [0.29, 0.717) is 49.7 Å². The molecule has 0 fully saturated rings. The number of unbranched alkanes of at least 4 members (excludes halogenated alkanes) is 2. The van der Waals surface area contributed by atoms with Gasteiger partial charge in [-0.1, -0.05) is 69.2 Å². The van der Waals surface area contributed by atoms with Crippen molar-refractivity contribution >= 4 is 22.7 Å². The number of carbonyl (C=O) groups is 2. The molecule has 1 atom stereocenters. The van der Waals surface area contributed by atoms with E-state index in [1.165, 1.54) is 0 Å². The van der Waals surface area contributed by atoms with E-state index < -0.39 is 0 Å². The quantitative estimate of drug-likeness (QED) is 0.202. The van der Waals surface area contributed by atoms with Gasteiger partial charge in [0.15, 0.2) is 5.76 Å². The Balaban J connectivity index is 1.42. The Morgan fingerprint density at radius 2 is 1.76 bits per heavy atom. The van der Waals surface area contributed by atoms with Gasteiger partial charge in [0.2, 0.25) is 11.8 Å². The van der Waals surface area contributed by atoms with Crippen LogP contribution in [0, 0.1) is 0 Å². The monoisotopic (exact) mass is 500 g/mol. The van der Waals surface area contributed by atoms with Crippen molar-refractivity contribution in [3.8, 4) is 11.3 Å². The van der Waals surface area contributed by atoms with E-state index in [-0.39, 0.29) is 11.9 Å². The number of amides is 1. The van der Waals surface area contributed by atoms with E-state index in [1.54, 1.807) is 6.20 Å². The number of para-hydroxylation sites is 2. The molecule has 4 aromatic rings. The second kappa shape index (κ2) is 13.0. The van der Waals surface area contributed by atoms with Crippen LogP contribution >= 0.6 is 0 Å². The molecule has 0 radical (unpaired) electrons. The topological polar surface area (TPSA) is 90.0 Å². The number of aryl methyl sites for hydroxylation is 2. The average Bonchev–Trinajstić information content (AvgIpc) is 3.56. The summed E-state index contributed by atoms with van der Waals surface area (Å²) in [4.78, 5) is 33.9. The van der Waals surface area contributed by atoms with Gasteiger partial charge < -0.3 is 14.3 Å². The standard InChI is InChI=1S/C30H36N4O3/c1-3-23(35)15-9-6-10-17-25(30-31-21-27(37-30)22-13-7-5-8-14-22)33-29(36)19-20-34-26-18-12-11-16-24(26)32-28(34)4-2/h5,7-8,11-14,16,18,21,25H,3-4,6,9-10,15,17,19-20H2,1-2H3,(H,33,36). The predicted molar refractivity (Wildman–Crippen MR) is 145 cm³/mol. The number of Topliss-reactive ketones (excluding diaryl/α,β-unsaturated/α-hetero) is 1. The molecule has 1 N–H and O–H groups in total. The number of fused-ring (bicyclic) bond motifs is 1. The first-order chi connectivity index (χ1) is 18.1. The number of aromatic nitrogens is 3. The lowest BCUT2D eigenvalue weighted by Crippen LogP contribution is -2.29. The van der Waals surface area contributed by atoms with Crippen molar-refractivity contribution in [2.24, 2.45) is 0 Å². The zero-order valence-corrected chi connectivity index (χ0v) is 21.8. The van der Waals surface area contributed by atoms with Crippen molar-refractivity contribution in [3.05, 3.63) is 72.5 Å². The molecule has 0 saturated heterocycles. The number of ketones is 1. The van der Waals surface area contributed by atoms with Gasteiger partial charge in [0, 0.05) is 37.8 Å². The van der Waals surface area contributed by atoms with Crippen LogP contribution in [0.3, 0.4) is 0 Å². The molecule has 37 heavy (non-hydrogen) atoms. The SMILES string of the molecule is CCC(=O)CCCCCC(NC(=O)CCn1c(CC)nc2ccccc21)c1ncc(-c2ccccc2)o1. The molecule has 7 heteroatoms. The van der Waals surface area contributed by atoms with E-state index in [9.17, 15) is 9.59 Å². The highest BCUT2D eigenvalue weighted by molar-refractivity contribution is 5.78. The average molecular weight is 501 g/mol. The Morgan fingerprint density at radius 3 is 2.54 bits per heavy atom. The summed E-state index contributed by atoms with van der Waals surface area (Å²) in [6.45, 7) is 4.54. The van der Waals surface area contributed by atoms with Crippen molar-refractivity contribution < 1.29 is 14.0 Å². The van der Waals surface area contributed by atoms with E-state index in [1.807, 2.05) is 61.5 Å². The normalized spacial score (nSPS) is 12.1. The maximum atomic E-state index is 13.1. The number of oxazole rings is 1. The van der Waals surface area contributed by atoms with Crippen LogP contribution in [0.5, 0.6) is 0 Å². The summed E-state index contributed by atoms with van der Waals surface area (Å²) < 4.78 is 8.23. The highest BCUT2D eigenvalue weighted by atomic mass is 16.4. The molecule has 7 nitrogen and oxygen atoms in total. The molecule has 2 heterocycles. The molecule has 0 saturated carbocycles. The lowest BCUT2D eigenvalue weighted by atomic mass is 10.0. The van der Waals surface area contributed by atoms with Crippen molar-refractivity contribution in [1.29, 1.82) is 0 Å². The van der Waals surface area contributed by atoms with Crippen molar-refractivity contribution in [2.75, 3.05) is 0 Å². The fourth-order valence-corrected chi connectivity index (χ4v) is 4.59. The lowest BCUT2D eigenvalue weighted by Gasteiger charge is -2.16. The van der Waals surface area contributed by atoms with Crippen LogP contribution in [0.25, 0.3) is 22.4 Å². The first kappa shape index (κ1) is 26.3. The van der Waals surface area contributed by atoms with Crippen LogP contribution < -0.4 is 5.32 Å². The molecule has 0 spiro atoms. The molecule has 0 bridgehead atoms. The number of carbonyl (C=O) groups excluding carboxylic acids is 2. The molecule has 0 aliphatic carbocycles. The summed E-state index contributed by atoms with van der Waals surface area (Å²) in [5, 5.41) is 3.16. The van der Waals surface area contributed by atoms with Gasteiger partial charge in [-0.25, -0.2) is 9.97 Å². The Kier molecular flexibility index (Phi) is 9.24. The van der Waals surface area contributed by atoms with Gasteiger partial charge in [-0.3, -0.25) is 9.59 Å². The number of rotatable bonds is 14. The molecule has 2 aromatic heterocycles. The van der Waals surface area contributed by atoms with Gasteiger partial charge in [-0.15, -0.1) is 0 Å². The molecule has 0 aliphatic heterocycles. The highest BCUT2D eigenvalue weighted by Gasteiger charge is 2.21. The van der Waals surface area contributed by atoms with E-state index in [2.05, 4.69) is 21.8 Å². The second-order valence-corrected chi connectivity index (χ2v) is 9.31. The fourth-order valence-electron chi connectivity index (χ4n) is 4.59. The fraction of sp³-hybridized carbons (Fsp3) is 0.400. The largest absolute Gasteiger partial charge is 0.438 e. The maximum Gasteiger partial charge on any atom is 0.222 e. The molecular weight excluding hydrogens is 464 g/mol. The Labute approximate surface area is 218 Å². The van der Waals surface area contributed by atoms with Gasteiger partial charge in [0.25, 0.3) is 0 Å². The minimum Gasteiger partial charge on any atom is -0.438 e. The minimum absolute atomic E-state index is 0.0505. The van der Waals surface area contributed by atoms with E-state index in [4.69, 9.17) is 9.40 Å². The maximum absolute atomic E-state index is 13.1. The smallest absolute Gasteiger partial charge is 0.222 e. The third-order valence-corrected chi connectivity index (χ3v) is 6.67. The summed E-state index contributed by atoms with van der Waals surface area (Å²) in [5.41, 5.74) is 2.95. The summed E-state index contributed by atoms with van der Waals surface area (Å²) in [5.74, 6) is 2.42. The van der Waals surface area contributed by atoms with Gasteiger partial charge in [0.05, 0.1) is 17.2 Å². The molecule has 4 rings (SSSR count). The molecule has 1 unspecified atom stereocenters. The van der Waals surface area contributed by atoms with Crippen LogP contribution in [0.2, 0.25) is 0 Å². The number of imidazole rings is 1. The zero-order valence-electron chi connectivity index (χ0n) is 21.8. The predicted octanol–water partition coefficient (Wildman–Crippen LogP) is 6.43. The molecular formula is C30H36N4O3. The Morgan fingerprint density at radius 1 is 0.973 bits per heavy atom. The number of hydrogen-bond acceptors (Lipinski definition) is 5. The van der Waals surface area contributed by atoms with Gasteiger partial charge in [-0.05, 0) is 25.0 Å². The molecule has 0 aliphatic rings. The third kappa shape index (κ3) is 6.94. The summed E-state index contributed by atoms with van der Waals surface area (Å²) >= 11 is 0. The third-order valence-electron chi connectivity index (χ3n) is 6.67. The molecule has 2 aromatic carbocycles. The zero-order chi connectivity index (χ0) is 26.0. The first-order valence-corrected chi connectivity index (χ1v) is 13.3. The van der Waals surface area contributed by atoms with Crippen molar-refractivity contribution in [2.45, 2.75) is 77.8 Å². The van der Waals surface area contributed by atoms with Crippen LogP contribution in [0.1, 0.15) is 76.6 Å². The van der Waals surface area contributed by atoms with Crippen LogP contribution in [0.15, 0.2) is 65.2 Å². The Bertz CT molecular complexity index is 1310. The molecule has 194 valence electrons. The van der Waals surface area contributed by atoms with Crippen molar-refractivity contribution in [3.63, 3.8) is 0 Å². The van der Waals surface area contributed by atoms with E-state index >= 15 is 0 Å². The number of benzene rings is 2. The van der Waals surface area contributed by atoms with Gasteiger partial charge in [0.1, 0.15) is 17.6 Å². The second-order valence-electron chi connectivity index (χ2n) is 9.31. The van der Waals surface area contributed by atoms with Gasteiger partial charge in [-0.2, -0.15) is 0 Å². The minimum atomic E-state index is -0.322. The summed E-state index contributed by atoms with van der Waals surface area (Å²) in [6.07, 6.45) is 7.42. The van der Waals surface area contributed by atoms with Crippen molar-refractivity contribution in [1.82, 2.24) is 19.9 Å². The van der Waals surface area contributed by atoms with Crippen LogP contribution in [-0.4, -0.2) is 26.2 Å². The number of nitrogens with zero attached hydrogens (tertiary/aromatic N) is 3. The summed E-state index contributed by atoms with van der Waals surface area (Å²) in [6, 6.07) is 17.5. The molecule has 1 amide bonds. The van der Waals surface area contributed by atoms with E-state index in [0.717, 1.165) is 48.1 Å². The summed E-state index contributed by atoms with van der Waals surface area (Å²) in [7, 11) is 0. The Hall–Kier alpha value is -3.74. The number of nitrogens with one attached hydrogen (secondary N) is 1. The van der Waals surface area contributed by atoms with Gasteiger partial charge >= 0.3 is 0 Å².